The van der Waals surface area contributed by atoms with E-state index in [1.165, 1.54) is 0 Å². The van der Waals surface area contributed by atoms with Gasteiger partial charge in [-0.2, -0.15) is 0 Å². The molecule has 1 N–H and O–H groups in total. The van der Waals surface area contributed by atoms with Gasteiger partial charge in [-0.15, -0.1) is 10.2 Å². The lowest BCUT2D eigenvalue weighted by molar-refractivity contribution is 0.0739. The second kappa shape index (κ2) is 7.85. The number of hydrogen-bond donors (Lipinski definition) is 1. The van der Waals surface area contributed by atoms with Crippen LogP contribution in [-0.2, 0) is 0 Å². The highest BCUT2D eigenvalue weighted by atomic mass is 35.5. The molecule has 0 unspecified atom stereocenters. The summed E-state index contributed by atoms with van der Waals surface area (Å²) in [5.74, 6) is 1.61. The van der Waals surface area contributed by atoms with E-state index in [0.717, 1.165) is 18.8 Å². The number of hydrogen-bond acceptors (Lipinski definition) is 7. The smallest absolute Gasteiger partial charge is 0.274 e. The SMILES string of the molecule is Cc1cc(Nc2ccc(C(=O)N3CCN(c4cccc(Cl)c4)CC3)nn2)no1. The van der Waals surface area contributed by atoms with Crippen LogP contribution in [-0.4, -0.2) is 52.3 Å². The van der Waals surface area contributed by atoms with E-state index in [-0.39, 0.29) is 5.91 Å². The maximum absolute atomic E-state index is 12.7. The van der Waals surface area contributed by atoms with Gasteiger partial charge in [-0.3, -0.25) is 4.79 Å². The molecule has 0 bridgehead atoms. The number of carbonyl (C=O) groups excluding carboxylic acids is 1. The highest BCUT2D eigenvalue weighted by molar-refractivity contribution is 6.30. The zero-order valence-corrected chi connectivity index (χ0v) is 16.1. The molecule has 8 nitrogen and oxygen atoms in total. The van der Waals surface area contributed by atoms with Crippen molar-refractivity contribution in [1.29, 1.82) is 0 Å². The van der Waals surface area contributed by atoms with Gasteiger partial charge in [0.25, 0.3) is 5.91 Å². The minimum absolute atomic E-state index is 0.123. The molecule has 1 saturated heterocycles. The Bertz CT molecular complexity index is 967. The van der Waals surface area contributed by atoms with Crippen LogP contribution in [0.1, 0.15) is 16.2 Å². The van der Waals surface area contributed by atoms with Crippen LogP contribution in [0.4, 0.5) is 17.3 Å². The van der Waals surface area contributed by atoms with Gasteiger partial charge < -0.3 is 19.6 Å². The first-order valence-electron chi connectivity index (χ1n) is 8.92. The monoisotopic (exact) mass is 398 g/mol. The zero-order chi connectivity index (χ0) is 19.5. The molecule has 1 amide bonds. The molecule has 144 valence electrons. The molecule has 28 heavy (non-hydrogen) atoms. The zero-order valence-electron chi connectivity index (χ0n) is 15.3. The minimum Gasteiger partial charge on any atom is -0.368 e. The van der Waals surface area contributed by atoms with Crippen LogP contribution >= 0.6 is 11.6 Å². The van der Waals surface area contributed by atoms with Crippen LogP contribution < -0.4 is 10.2 Å². The van der Waals surface area contributed by atoms with Gasteiger partial charge in [-0.05, 0) is 37.3 Å². The second-order valence-corrected chi connectivity index (χ2v) is 6.95. The number of benzene rings is 1. The lowest BCUT2D eigenvalue weighted by Crippen LogP contribution is -2.49. The predicted molar refractivity (Wildman–Crippen MR) is 106 cm³/mol. The summed E-state index contributed by atoms with van der Waals surface area (Å²) in [6.07, 6.45) is 0. The van der Waals surface area contributed by atoms with Gasteiger partial charge >= 0.3 is 0 Å². The van der Waals surface area contributed by atoms with E-state index < -0.39 is 0 Å². The predicted octanol–water partition coefficient (Wildman–Crippen LogP) is 3.13. The van der Waals surface area contributed by atoms with Crippen molar-refractivity contribution >= 4 is 34.8 Å². The van der Waals surface area contributed by atoms with Crippen molar-refractivity contribution in [1.82, 2.24) is 20.3 Å². The normalized spacial score (nSPS) is 14.2. The fourth-order valence-corrected chi connectivity index (χ4v) is 3.26. The van der Waals surface area contributed by atoms with Gasteiger partial charge in [0.05, 0.1) is 0 Å². The first-order valence-corrected chi connectivity index (χ1v) is 9.30. The largest absolute Gasteiger partial charge is 0.368 e. The molecule has 1 fully saturated rings. The maximum Gasteiger partial charge on any atom is 0.274 e. The van der Waals surface area contributed by atoms with Crippen molar-refractivity contribution in [2.75, 3.05) is 36.4 Å². The van der Waals surface area contributed by atoms with Crippen LogP contribution in [0.15, 0.2) is 47.0 Å². The summed E-state index contributed by atoms with van der Waals surface area (Å²) in [7, 11) is 0. The van der Waals surface area contributed by atoms with E-state index in [2.05, 4.69) is 25.6 Å². The van der Waals surface area contributed by atoms with Gasteiger partial charge in [-0.1, -0.05) is 22.8 Å². The standard InChI is InChI=1S/C19H19ClN6O2/c1-13-11-18(24-28-13)21-17-6-5-16(22-23-17)19(27)26-9-7-25(8-10-26)15-4-2-3-14(20)12-15/h2-6,11-12H,7-10H2,1H3,(H,21,23,24). The van der Waals surface area contributed by atoms with Gasteiger partial charge in [0.15, 0.2) is 17.3 Å². The van der Waals surface area contributed by atoms with Crippen molar-refractivity contribution in [3.8, 4) is 0 Å². The Morgan fingerprint density at radius 2 is 1.89 bits per heavy atom. The first kappa shape index (κ1) is 18.2. The molecule has 0 aliphatic carbocycles. The number of carbonyl (C=O) groups is 1. The lowest BCUT2D eigenvalue weighted by atomic mass is 10.2. The quantitative estimate of drug-likeness (QED) is 0.722. The Hall–Kier alpha value is -3.13. The summed E-state index contributed by atoms with van der Waals surface area (Å²) >= 11 is 6.07. The Morgan fingerprint density at radius 1 is 1.07 bits per heavy atom. The van der Waals surface area contributed by atoms with E-state index >= 15 is 0 Å². The van der Waals surface area contributed by atoms with Gasteiger partial charge in [0.2, 0.25) is 0 Å². The van der Waals surface area contributed by atoms with Gasteiger partial charge in [-0.25, -0.2) is 0 Å². The third kappa shape index (κ3) is 4.07. The summed E-state index contributed by atoms with van der Waals surface area (Å²) in [5, 5.41) is 15.6. The first-order chi connectivity index (χ1) is 13.6. The Balaban J connectivity index is 1.36. The molecule has 1 aliphatic rings. The van der Waals surface area contributed by atoms with E-state index in [1.54, 1.807) is 30.0 Å². The van der Waals surface area contributed by atoms with Crippen molar-refractivity contribution < 1.29 is 9.32 Å². The Kier molecular flexibility index (Phi) is 5.12. The fraction of sp³-hybridized carbons (Fsp3) is 0.263. The highest BCUT2D eigenvalue weighted by Crippen LogP contribution is 2.21. The van der Waals surface area contributed by atoms with Crippen LogP contribution in [0.5, 0.6) is 0 Å². The lowest BCUT2D eigenvalue weighted by Gasteiger charge is -2.36. The van der Waals surface area contributed by atoms with Crippen LogP contribution in [0.25, 0.3) is 0 Å². The van der Waals surface area contributed by atoms with Crippen molar-refractivity contribution in [2.45, 2.75) is 6.92 Å². The number of rotatable bonds is 4. The molecule has 9 heteroatoms. The van der Waals surface area contributed by atoms with Crippen LogP contribution in [0, 0.1) is 6.92 Å². The third-order valence-corrected chi connectivity index (χ3v) is 4.74. The topological polar surface area (TPSA) is 87.4 Å². The fourth-order valence-electron chi connectivity index (χ4n) is 3.07. The highest BCUT2D eigenvalue weighted by Gasteiger charge is 2.23. The summed E-state index contributed by atoms with van der Waals surface area (Å²) in [6.45, 7) is 4.52. The van der Waals surface area contributed by atoms with Crippen molar-refractivity contribution in [2.24, 2.45) is 0 Å². The minimum atomic E-state index is -0.123. The molecule has 3 aromatic rings. The number of aromatic nitrogens is 3. The molecule has 0 saturated carbocycles. The summed E-state index contributed by atoms with van der Waals surface area (Å²) in [4.78, 5) is 16.7. The van der Waals surface area contributed by atoms with Gasteiger partial charge in [0.1, 0.15) is 5.76 Å². The van der Waals surface area contributed by atoms with Crippen LogP contribution in [0.3, 0.4) is 0 Å². The van der Waals surface area contributed by atoms with E-state index in [4.69, 9.17) is 16.1 Å². The van der Waals surface area contributed by atoms with E-state index in [9.17, 15) is 4.79 Å². The molecule has 0 atom stereocenters. The summed E-state index contributed by atoms with van der Waals surface area (Å²) in [5.41, 5.74) is 1.39. The Morgan fingerprint density at radius 3 is 2.54 bits per heavy atom. The molecule has 1 aromatic carbocycles. The molecule has 2 aromatic heterocycles. The summed E-state index contributed by atoms with van der Waals surface area (Å²) in [6, 6.07) is 12.9. The maximum atomic E-state index is 12.7. The summed E-state index contributed by atoms with van der Waals surface area (Å²) < 4.78 is 4.99. The number of halogens is 1. The molecule has 4 rings (SSSR count). The van der Waals surface area contributed by atoms with E-state index in [1.807, 2.05) is 24.3 Å². The molecule has 1 aliphatic heterocycles. The van der Waals surface area contributed by atoms with E-state index in [0.29, 0.717) is 41.2 Å². The average molecular weight is 399 g/mol. The number of nitrogens with one attached hydrogen (secondary N) is 1. The molecular weight excluding hydrogens is 380 g/mol. The average Bonchev–Trinajstić information content (AvgIpc) is 3.13. The number of aryl methyl sites for hydroxylation is 1. The molecule has 0 spiro atoms. The van der Waals surface area contributed by atoms with Gasteiger partial charge in [0, 0.05) is 43.0 Å². The van der Waals surface area contributed by atoms with Crippen molar-refractivity contribution in [3.05, 3.63) is 58.9 Å². The van der Waals surface area contributed by atoms with Crippen molar-refractivity contribution in [3.63, 3.8) is 0 Å². The third-order valence-electron chi connectivity index (χ3n) is 4.51. The molecular formula is C19H19ClN6O2. The molecule has 3 heterocycles. The number of amides is 1. The molecule has 0 radical (unpaired) electrons. The number of anilines is 3. The Labute approximate surface area is 167 Å². The number of nitrogens with zero attached hydrogens (tertiary/aromatic N) is 5. The number of piperazine rings is 1. The van der Waals surface area contributed by atoms with Crippen LogP contribution in [0.2, 0.25) is 5.02 Å². The second-order valence-electron chi connectivity index (χ2n) is 6.51.